The summed E-state index contributed by atoms with van der Waals surface area (Å²) in [5.74, 6) is 2.39. The Labute approximate surface area is 101 Å². The number of pyridine rings is 1. The van der Waals surface area contributed by atoms with Crippen LogP contribution < -0.4 is 5.73 Å². The zero-order chi connectivity index (χ0) is 11.4. The average Bonchev–Trinajstić information content (AvgIpc) is 2.80. The first-order chi connectivity index (χ1) is 7.77. The van der Waals surface area contributed by atoms with Gasteiger partial charge in [-0.3, -0.25) is 9.88 Å². The zero-order valence-electron chi connectivity index (χ0n) is 9.72. The van der Waals surface area contributed by atoms with Gasteiger partial charge in [-0.15, -0.1) is 0 Å². The summed E-state index contributed by atoms with van der Waals surface area (Å²) in [6.45, 7) is 1.71. The van der Waals surface area contributed by atoms with Gasteiger partial charge in [0.05, 0.1) is 0 Å². The normalized spacial score (nSPS) is 25.2. The molecule has 16 heavy (non-hydrogen) atoms. The Morgan fingerprint density at radius 2 is 2.25 bits per heavy atom. The van der Waals surface area contributed by atoms with Crippen LogP contribution in [-0.4, -0.2) is 40.5 Å². The molecule has 0 spiro atoms. The lowest BCUT2D eigenvalue weighted by atomic mass is 9.96. The van der Waals surface area contributed by atoms with Gasteiger partial charge in [0.1, 0.15) is 0 Å². The number of likely N-dealkylation sites (N-methyl/N-ethyl adjacent to an activating group) is 1. The van der Waals surface area contributed by atoms with Crippen molar-refractivity contribution in [1.29, 1.82) is 0 Å². The van der Waals surface area contributed by atoms with Gasteiger partial charge >= 0.3 is 0 Å². The largest absolute Gasteiger partial charge is 0.329 e. The third-order valence-corrected chi connectivity index (χ3v) is 4.68. The number of hydrogen-bond donors (Lipinski definition) is 1. The lowest BCUT2D eigenvalue weighted by molar-refractivity contribution is 0.143. The SMILES string of the molecule is CN(Cc1ccncc1)C1(CN)CCSC1. The predicted molar refractivity (Wildman–Crippen MR) is 69.4 cm³/mol. The highest BCUT2D eigenvalue weighted by Crippen LogP contribution is 2.32. The Morgan fingerprint density at radius 1 is 1.50 bits per heavy atom. The highest BCUT2D eigenvalue weighted by atomic mass is 32.2. The fourth-order valence-electron chi connectivity index (χ4n) is 2.14. The summed E-state index contributed by atoms with van der Waals surface area (Å²) in [4.78, 5) is 6.45. The van der Waals surface area contributed by atoms with E-state index >= 15 is 0 Å². The van der Waals surface area contributed by atoms with Crippen molar-refractivity contribution in [3.63, 3.8) is 0 Å². The van der Waals surface area contributed by atoms with Crippen molar-refractivity contribution in [2.24, 2.45) is 5.73 Å². The Balaban J connectivity index is 2.04. The van der Waals surface area contributed by atoms with Gasteiger partial charge in [0.15, 0.2) is 0 Å². The van der Waals surface area contributed by atoms with Crippen LogP contribution in [0.1, 0.15) is 12.0 Å². The van der Waals surface area contributed by atoms with Gasteiger partial charge in [-0.2, -0.15) is 11.8 Å². The smallest absolute Gasteiger partial charge is 0.0430 e. The summed E-state index contributed by atoms with van der Waals surface area (Å²) in [7, 11) is 2.18. The van der Waals surface area contributed by atoms with E-state index in [0.29, 0.717) is 0 Å². The third-order valence-electron chi connectivity index (χ3n) is 3.44. The first kappa shape index (κ1) is 11.9. The Hall–Kier alpha value is -0.580. The molecular weight excluding hydrogens is 218 g/mol. The van der Waals surface area contributed by atoms with Gasteiger partial charge < -0.3 is 5.73 Å². The second-order valence-electron chi connectivity index (χ2n) is 4.44. The molecule has 1 aromatic rings. The molecule has 1 aliphatic rings. The monoisotopic (exact) mass is 237 g/mol. The van der Waals surface area contributed by atoms with Crippen LogP contribution in [-0.2, 0) is 6.54 Å². The van der Waals surface area contributed by atoms with E-state index in [1.807, 2.05) is 24.2 Å². The topological polar surface area (TPSA) is 42.2 Å². The lowest BCUT2D eigenvalue weighted by Gasteiger charge is -2.37. The second-order valence-corrected chi connectivity index (χ2v) is 5.55. The number of hydrogen-bond acceptors (Lipinski definition) is 4. The van der Waals surface area contributed by atoms with Gasteiger partial charge in [-0.1, -0.05) is 0 Å². The van der Waals surface area contributed by atoms with E-state index < -0.39 is 0 Å². The van der Waals surface area contributed by atoms with Crippen molar-refractivity contribution >= 4 is 11.8 Å². The molecule has 1 saturated heterocycles. The van der Waals surface area contributed by atoms with E-state index in [0.717, 1.165) is 18.8 Å². The minimum atomic E-state index is 0.202. The number of nitrogens with zero attached hydrogens (tertiary/aromatic N) is 2. The van der Waals surface area contributed by atoms with Gasteiger partial charge in [-0.05, 0) is 36.9 Å². The zero-order valence-corrected chi connectivity index (χ0v) is 10.5. The molecule has 0 aromatic carbocycles. The molecule has 0 aliphatic carbocycles. The van der Waals surface area contributed by atoms with E-state index in [1.165, 1.54) is 17.7 Å². The summed E-state index contributed by atoms with van der Waals surface area (Å²) < 4.78 is 0. The number of aromatic nitrogens is 1. The highest BCUT2D eigenvalue weighted by Gasteiger charge is 2.36. The molecule has 1 atom stereocenters. The van der Waals surface area contributed by atoms with E-state index in [9.17, 15) is 0 Å². The molecular formula is C12H19N3S. The molecule has 1 aromatic heterocycles. The summed E-state index contributed by atoms with van der Waals surface area (Å²) in [6.07, 6.45) is 4.90. The van der Waals surface area contributed by atoms with Crippen molar-refractivity contribution in [3.8, 4) is 0 Å². The molecule has 2 heterocycles. The van der Waals surface area contributed by atoms with Crippen LogP contribution in [0.4, 0.5) is 0 Å². The molecule has 0 bridgehead atoms. The summed E-state index contributed by atoms with van der Waals surface area (Å²) in [5.41, 5.74) is 7.47. The summed E-state index contributed by atoms with van der Waals surface area (Å²) in [6, 6.07) is 4.14. The standard InChI is InChI=1S/C12H19N3S/c1-15(8-11-2-5-14-6-3-11)12(9-13)4-7-16-10-12/h2-3,5-6H,4,7-10,13H2,1H3. The fraction of sp³-hybridized carbons (Fsp3) is 0.583. The molecule has 2 rings (SSSR count). The average molecular weight is 237 g/mol. The highest BCUT2D eigenvalue weighted by molar-refractivity contribution is 7.99. The minimum Gasteiger partial charge on any atom is -0.329 e. The predicted octanol–water partition coefficient (Wildman–Crippen LogP) is 1.35. The molecule has 1 fully saturated rings. The van der Waals surface area contributed by atoms with Crippen LogP contribution in [0.25, 0.3) is 0 Å². The van der Waals surface area contributed by atoms with Gasteiger partial charge in [0.25, 0.3) is 0 Å². The van der Waals surface area contributed by atoms with Gasteiger partial charge in [-0.25, -0.2) is 0 Å². The number of rotatable bonds is 4. The van der Waals surface area contributed by atoms with E-state index in [4.69, 9.17) is 5.73 Å². The van der Waals surface area contributed by atoms with Crippen LogP contribution in [0.5, 0.6) is 0 Å². The molecule has 0 amide bonds. The molecule has 3 nitrogen and oxygen atoms in total. The molecule has 88 valence electrons. The van der Waals surface area contributed by atoms with E-state index in [1.54, 1.807) is 0 Å². The van der Waals surface area contributed by atoms with Crippen LogP contribution in [0.2, 0.25) is 0 Å². The molecule has 2 N–H and O–H groups in total. The maximum Gasteiger partial charge on any atom is 0.0430 e. The number of nitrogens with two attached hydrogens (primary N) is 1. The summed E-state index contributed by atoms with van der Waals surface area (Å²) in [5, 5.41) is 0. The Bertz CT molecular complexity index is 322. The molecule has 1 unspecified atom stereocenters. The van der Waals surface area contributed by atoms with Crippen molar-refractivity contribution in [1.82, 2.24) is 9.88 Å². The van der Waals surface area contributed by atoms with Gasteiger partial charge in [0.2, 0.25) is 0 Å². The maximum absolute atomic E-state index is 5.96. The van der Waals surface area contributed by atoms with Crippen LogP contribution in [0.3, 0.4) is 0 Å². The summed E-state index contributed by atoms with van der Waals surface area (Å²) >= 11 is 2.01. The molecule has 0 radical (unpaired) electrons. The van der Waals surface area contributed by atoms with Gasteiger partial charge in [0, 0.05) is 36.8 Å². The van der Waals surface area contributed by atoms with E-state index in [2.05, 4.69) is 29.1 Å². The molecule has 1 aliphatic heterocycles. The first-order valence-electron chi connectivity index (χ1n) is 5.65. The van der Waals surface area contributed by atoms with Crippen molar-refractivity contribution in [3.05, 3.63) is 30.1 Å². The van der Waals surface area contributed by atoms with Crippen molar-refractivity contribution in [2.75, 3.05) is 25.1 Å². The minimum absolute atomic E-state index is 0.202. The van der Waals surface area contributed by atoms with Crippen LogP contribution in [0, 0.1) is 0 Å². The van der Waals surface area contributed by atoms with Crippen LogP contribution in [0.15, 0.2) is 24.5 Å². The third kappa shape index (κ3) is 2.39. The Morgan fingerprint density at radius 3 is 2.81 bits per heavy atom. The quantitative estimate of drug-likeness (QED) is 0.858. The van der Waals surface area contributed by atoms with E-state index in [-0.39, 0.29) is 5.54 Å². The first-order valence-corrected chi connectivity index (χ1v) is 6.80. The lowest BCUT2D eigenvalue weighted by Crippen LogP contribution is -2.51. The molecule has 0 saturated carbocycles. The van der Waals surface area contributed by atoms with Crippen molar-refractivity contribution in [2.45, 2.75) is 18.5 Å². The van der Waals surface area contributed by atoms with Crippen LogP contribution >= 0.6 is 11.8 Å². The number of thioether (sulfide) groups is 1. The van der Waals surface area contributed by atoms with Crippen molar-refractivity contribution < 1.29 is 0 Å². The fourth-order valence-corrected chi connectivity index (χ4v) is 3.68. The Kier molecular flexibility index (Phi) is 3.84. The second kappa shape index (κ2) is 5.17. The molecule has 4 heteroatoms. The maximum atomic E-state index is 5.96.